The van der Waals surface area contributed by atoms with Gasteiger partial charge in [0.05, 0.1) is 0 Å². The van der Waals surface area contributed by atoms with Gasteiger partial charge in [-0.05, 0) is 47.5 Å². The molecule has 0 fully saturated rings. The third kappa shape index (κ3) is 4.65. The van der Waals surface area contributed by atoms with Gasteiger partial charge < -0.3 is 0 Å². The van der Waals surface area contributed by atoms with E-state index in [4.69, 9.17) is 15.0 Å². The maximum Gasteiger partial charge on any atom is 0.165 e. The molecule has 6 heteroatoms. The largest absolute Gasteiger partial charge is 0.208 e. The highest BCUT2D eigenvalue weighted by Gasteiger charge is 2.18. The third-order valence-corrected chi connectivity index (χ3v) is 13.3. The molecule has 0 unspecified atom stereocenters. The summed E-state index contributed by atoms with van der Waals surface area (Å²) in [5, 5.41) is 7.66. The molecule has 0 aliphatic rings. The topological polar surface area (TPSA) is 38.7 Å². The predicted octanol–water partition coefficient (Wildman–Crippen LogP) is 13.6. The molecule has 0 aliphatic carbocycles. The number of aromatic nitrogens is 3. The molecule has 11 rings (SSSR count). The zero-order chi connectivity index (χ0) is 33.5. The van der Waals surface area contributed by atoms with Crippen molar-refractivity contribution in [2.24, 2.45) is 0 Å². The van der Waals surface area contributed by atoms with Crippen LogP contribution in [0.5, 0.6) is 0 Å². The maximum atomic E-state index is 5.17. The number of fused-ring (bicyclic) bond motifs is 9. The number of hydrogen-bond donors (Lipinski definition) is 0. The molecule has 4 heterocycles. The standard InChI is InChI=1S/C45H25N3S3/c1-2-10-26(11-3-1)43-46-44(48-45(47-43)35-17-9-16-34-31-13-5-7-19-38(31)51-42(34)35)28-20-22-32-36-24-27(21-23-39(36)49-40(32)25-28)29-14-8-15-33-30-12-4-6-18-37(30)50-41(29)33/h1-25H. The highest BCUT2D eigenvalue weighted by molar-refractivity contribution is 7.27. The molecule has 0 saturated carbocycles. The van der Waals surface area contributed by atoms with Gasteiger partial charge in [0.15, 0.2) is 17.5 Å². The minimum atomic E-state index is 0.671. The highest BCUT2D eigenvalue weighted by Crippen LogP contribution is 2.43. The van der Waals surface area contributed by atoms with Gasteiger partial charge in [0.2, 0.25) is 0 Å². The Morgan fingerprint density at radius 1 is 0.294 bits per heavy atom. The van der Waals surface area contributed by atoms with E-state index in [0.717, 1.165) is 16.7 Å². The number of nitrogens with zero attached hydrogens (tertiary/aromatic N) is 3. The molecule has 7 aromatic carbocycles. The minimum absolute atomic E-state index is 0.671. The first-order chi connectivity index (χ1) is 25.2. The lowest BCUT2D eigenvalue weighted by molar-refractivity contribution is 1.08. The predicted molar refractivity (Wildman–Crippen MR) is 220 cm³/mol. The van der Waals surface area contributed by atoms with Crippen LogP contribution in [0.1, 0.15) is 0 Å². The lowest BCUT2D eigenvalue weighted by Gasteiger charge is -2.09. The van der Waals surface area contributed by atoms with Crippen molar-refractivity contribution >= 4 is 94.5 Å². The molecular formula is C45H25N3S3. The fourth-order valence-corrected chi connectivity index (χ4v) is 10.9. The molecule has 4 aromatic heterocycles. The van der Waals surface area contributed by atoms with Crippen LogP contribution in [0.25, 0.3) is 106 Å². The average Bonchev–Trinajstić information content (AvgIpc) is 3.88. The van der Waals surface area contributed by atoms with Gasteiger partial charge in [-0.15, -0.1) is 34.0 Å². The lowest BCUT2D eigenvalue weighted by Crippen LogP contribution is -2.00. The number of thiophene rings is 3. The molecule has 0 bridgehead atoms. The van der Waals surface area contributed by atoms with Gasteiger partial charge in [-0.2, -0.15) is 0 Å². The van der Waals surface area contributed by atoms with Crippen LogP contribution < -0.4 is 0 Å². The molecule has 0 aliphatic heterocycles. The Labute approximate surface area is 304 Å². The minimum Gasteiger partial charge on any atom is -0.208 e. The first-order valence-corrected chi connectivity index (χ1v) is 19.3. The lowest BCUT2D eigenvalue weighted by atomic mass is 10.0. The van der Waals surface area contributed by atoms with E-state index in [-0.39, 0.29) is 0 Å². The first kappa shape index (κ1) is 29.0. The Balaban J connectivity index is 1.06. The summed E-state index contributed by atoms with van der Waals surface area (Å²) in [4.78, 5) is 15.3. The maximum absolute atomic E-state index is 5.17. The van der Waals surface area contributed by atoms with Gasteiger partial charge in [0.1, 0.15) is 0 Å². The number of hydrogen-bond acceptors (Lipinski definition) is 6. The molecular weight excluding hydrogens is 679 g/mol. The molecule has 0 atom stereocenters. The molecule has 11 aromatic rings. The SMILES string of the molecule is c1ccc(-c2nc(-c3ccc4c(c3)sc3ccc(-c5cccc6c5sc5ccccc56)cc34)nc(-c3cccc4c3sc3ccccc34)n2)cc1. The summed E-state index contributed by atoms with van der Waals surface area (Å²) < 4.78 is 7.60. The van der Waals surface area contributed by atoms with Crippen molar-refractivity contribution < 1.29 is 0 Å². The van der Waals surface area contributed by atoms with Gasteiger partial charge in [-0.25, -0.2) is 15.0 Å². The molecule has 51 heavy (non-hydrogen) atoms. The molecule has 0 amide bonds. The van der Waals surface area contributed by atoms with Crippen LogP contribution in [0.2, 0.25) is 0 Å². The summed E-state index contributed by atoms with van der Waals surface area (Å²) in [6.07, 6.45) is 0. The van der Waals surface area contributed by atoms with Crippen LogP contribution in [0, 0.1) is 0 Å². The fourth-order valence-electron chi connectivity index (χ4n) is 7.32. The zero-order valence-corrected chi connectivity index (χ0v) is 29.4. The molecule has 0 spiro atoms. The van der Waals surface area contributed by atoms with E-state index in [2.05, 4.69) is 133 Å². The van der Waals surface area contributed by atoms with Gasteiger partial charge in [-0.1, -0.05) is 115 Å². The van der Waals surface area contributed by atoms with E-state index < -0.39 is 0 Å². The zero-order valence-electron chi connectivity index (χ0n) is 27.0. The van der Waals surface area contributed by atoms with Gasteiger partial charge >= 0.3 is 0 Å². The second-order valence-corrected chi connectivity index (χ2v) is 15.9. The van der Waals surface area contributed by atoms with Crippen LogP contribution in [0.3, 0.4) is 0 Å². The summed E-state index contributed by atoms with van der Waals surface area (Å²) in [5.41, 5.74) is 5.50. The molecule has 0 radical (unpaired) electrons. The summed E-state index contributed by atoms with van der Waals surface area (Å²) in [5.74, 6) is 2.03. The Morgan fingerprint density at radius 2 is 0.843 bits per heavy atom. The van der Waals surface area contributed by atoms with Crippen molar-refractivity contribution in [3.8, 4) is 45.3 Å². The third-order valence-electron chi connectivity index (χ3n) is 9.76. The summed E-state index contributed by atoms with van der Waals surface area (Å²) in [6, 6.07) is 54.2. The van der Waals surface area contributed by atoms with Crippen LogP contribution in [-0.2, 0) is 0 Å². The summed E-state index contributed by atoms with van der Waals surface area (Å²) in [7, 11) is 0. The van der Waals surface area contributed by atoms with Crippen LogP contribution in [0.4, 0.5) is 0 Å². The second-order valence-electron chi connectivity index (χ2n) is 12.8. The van der Waals surface area contributed by atoms with E-state index in [9.17, 15) is 0 Å². The number of rotatable bonds is 4. The van der Waals surface area contributed by atoms with Crippen molar-refractivity contribution in [2.45, 2.75) is 0 Å². The fraction of sp³-hybridized carbons (Fsp3) is 0. The quantitative estimate of drug-likeness (QED) is 0.183. The Morgan fingerprint density at radius 3 is 1.59 bits per heavy atom. The Kier molecular flexibility index (Phi) is 6.46. The van der Waals surface area contributed by atoms with Gasteiger partial charge in [0.25, 0.3) is 0 Å². The van der Waals surface area contributed by atoms with Crippen molar-refractivity contribution in [1.29, 1.82) is 0 Å². The van der Waals surface area contributed by atoms with Crippen LogP contribution >= 0.6 is 34.0 Å². The van der Waals surface area contributed by atoms with E-state index in [1.54, 1.807) is 11.3 Å². The first-order valence-electron chi connectivity index (χ1n) is 16.8. The van der Waals surface area contributed by atoms with E-state index in [1.165, 1.54) is 71.6 Å². The summed E-state index contributed by atoms with van der Waals surface area (Å²) in [6.45, 7) is 0. The van der Waals surface area contributed by atoms with Crippen LogP contribution in [-0.4, -0.2) is 15.0 Å². The Bertz CT molecular complexity index is 3150. The van der Waals surface area contributed by atoms with Crippen molar-refractivity contribution in [3.05, 3.63) is 152 Å². The molecule has 238 valence electrons. The highest BCUT2D eigenvalue weighted by atomic mass is 32.1. The molecule has 3 nitrogen and oxygen atoms in total. The van der Waals surface area contributed by atoms with E-state index in [0.29, 0.717) is 17.5 Å². The van der Waals surface area contributed by atoms with Crippen molar-refractivity contribution in [3.63, 3.8) is 0 Å². The van der Waals surface area contributed by atoms with Crippen molar-refractivity contribution in [1.82, 2.24) is 15.0 Å². The molecule has 0 N–H and O–H groups in total. The summed E-state index contributed by atoms with van der Waals surface area (Å²) >= 11 is 5.49. The second kappa shape index (κ2) is 11.4. The smallest absolute Gasteiger partial charge is 0.165 e. The Hall–Kier alpha value is -5.79. The molecule has 0 saturated heterocycles. The average molecular weight is 704 g/mol. The van der Waals surface area contributed by atoms with E-state index in [1.807, 2.05) is 40.9 Å². The van der Waals surface area contributed by atoms with Gasteiger partial charge in [0, 0.05) is 77.2 Å². The van der Waals surface area contributed by atoms with Gasteiger partial charge in [-0.3, -0.25) is 0 Å². The van der Waals surface area contributed by atoms with Crippen molar-refractivity contribution in [2.75, 3.05) is 0 Å². The number of benzene rings is 7. The normalized spacial score (nSPS) is 11.9. The van der Waals surface area contributed by atoms with E-state index >= 15 is 0 Å². The monoisotopic (exact) mass is 703 g/mol. The van der Waals surface area contributed by atoms with Crippen LogP contribution in [0.15, 0.2) is 152 Å².